The zero-order valence-electron chi connectivity index (χ0n) is 22.7. The van der Waals surface area contributed by atoms with Gasteiger partial charge in [-0.3, -0.25) is 19.3 Å². The molecule has 202 valence electrons. The number of aryl methyl sites for hydroxylation is 2. The van der Waals surface area contributed by atoms with Crippen LogP contribution in [-0.2, 0) is 4.79 Å². The number of carbonyl (C=O) groups excluding carboxylic acids is 3. The van der Waals surface area contributed by atoms with E-state index in [1.807, 2.05) is 75.3 Å². The summed E-state index contributed by atoms with van der Waals surface area (Å²) in [7, 11) is 3.86. The number of aromatic nitrogens is 1. The van der Waals surface area contributed by atoms with Gasteiger partial charge >= 0.3 is 0 Å². The smallest absolute Gasteiger partial charge is 0.273 e. The monoisotopic (exact) mass is 536 g/mol. The van der Waals surface area contributed by atoms with Crippen molar-refractivity contribution in [1.82, 2.24) is 9.69 Å². The summed E-state index contributed by atoms with van der Waals surface area (Å²) in [6, 6.07) is 12.2. The number of nitrogens with two attached hydrogens (primary N) is 2. The number of nitrogen functional groups attached to an aromatic ring is 1. The highest BCUT2D eigenvalue weighted by Gasteiger charge is 2.36. The van der Waals surface area contributed by atoms with Crippen LogP contribution in [0.4, 0.5) is 17.1 Å². The third-order valence-electron chi connectivity index (χ3n) is 6.11. The molecule has 1 atom stereocenters. The largest absolute Gasteiger partial charge is 0.395 e. The number of amides is 3. The maximum absolute atomic E-state index is 14.2. The molecule has 0 unspecified atom stereocenters. The number of hydrogen-bond donors (Lipinski definition) is 3. The van der Waals surface area contributed by atoms with Gasteiger partial charge in [0.15, 0.2) is 5.69 Å². The molecule has 3 amide bonds. The van der Waals surface area contributed by atoms with Crippen LogP contribution < -0.4 is 26.6 Å². The summed E-state index contributed by atoms with van der Waals surface area (Å²) in [4.78, 5) is 43.2. The lowest BCUT2D eigenvalue weighted by Gasteiger charge is -2.32. The van der Waals surface area contributed by atoms with Gasteiger partial charge in [-0.1, -0.05) is 32.0 Å². The van der Waals surface area contributed by atoms with Crippen molar-refractivity contribution in [3.63, 3.8) is 0 Å². The molecule has 2 aromatic carbocycles. The topological polar surface area (TPSA) is 135 Å². The van der Waals surface area contributed by atoms with Crippen LogP contribution in [0.3, 0.4) is 0 Å². The minimum absolute atomic E-state index is 0.0443. The molecule has 1 heterocycles. The van der Waals surface area contributed by atoms with Crippen LogP contribution >= 0.6 is 11.5 Å². The highest BCUT2D eigenvalue weighted by atomic mass is 32.1. The Labute approximate surface area is 228 Å². The Kier molecular flexibility index (Phi) is 9.11. The normalized spacial score (nSPS) is 11.8. The predicted molar refractivity (Wildman–Crippen MR) is 154 cm³/mol. The first kappa shape index (κ1) is 28.6. The molecular weight excluding hydrogens is 500 g/mol. The molecule has 9 nitrogen and oxygen atoms in total. The van der Waals surface area contributed by atoms with Gasteiger partial charge in [-0.25, -0.2) is 0 Å². The Hall–Kier alpha value is -3.92. The average molecular weight is 537 g/mol. The first-order valence-electron chi connectivity index (χ1n) is 12.4. The third kappa shape index (κ3) is 6.49. The number of nitrogens with one attached hydrogen (secondary N) is 1. The summed E-state index contributed by atoms with van der Waals surface area (Å²) in [5.74, 6) is -1.29. The van der Waals surface area contributed by atoms with Crippen LogP contribution in [0.25, 0.3) is 0 Å². The van der Waals surface area contributed by atoms with Crippen molar-refractivity contribution in [1.29, 1.82) is 0 Å². The number of nitrogens with zero attached hydrogens (tertiary/aromatic N) is 3. The maximum Gasteiger partial charge on any atom is 0.273 e. The molecule has 10 heteroatoms. The number of benzene rings is 2. The number of carbonyl (C=O) groups is 3. The fourth-order valence-electron chi connectivity index (χ4n) is 4.17. The van der Waals surface area contributed by atoms with Crippen LogP contribution in [0.1, 0.15) is 63.2 Å². The molecule has 1 aromatic heterocycles. The maximum atomic E-state index is 14.2. The number of rotatable bonds is 10. The molecule has 0 aliphatic heterocycles. The Morgan fingerprint density at radius 2 is 1.61 bits per heavy atom. The number of hydrogen-bond acceptors (Lipinski definition) is 7. The summed E-state index contributed by atoms with van der Waals surface area (Å²) in [6.07, 6.45) is 0.791. The van der Waals surface area contributed by atoms with Gasteiger partial charge in [0.2, 0.25) is 5.91 Å². The van der Waals surface area contributed by atoms with E-state index >= 15 is 0 Å². The van der Waals surface area contributed by atoms with Crippen LogP contribution in [0.2, 0.25) is 0 Å². The van der Waals surface area contributed by atoms with E-state index in [0.717, 1.165) is 34.8 Å². The standard InChI is InChI=1S/C28H36N6O3S/c1-16(2)11-12-31-27(36)24(19-7-9-20(10-8-19)33(5)6)34(21-14-17(3)13-18(4)15-21)28(37)25-22(29)23(26(30)35)32-38-25/h7-10,13-16,24H,11-12,29H2,1-6H3,(H2,30,35)(H,31,36)/t24-/m0/s1. The van der Waals surface area contributed by atoms with Gasteiger partial charge in [0.25, 0.3) is 11.8 Å². The van der Waals surface area contributed by atoms with E-state index in [4.69, 9.17) is 11.5 Å². The molecule has 0 aliphatic carbocycles. The highest BCUT2D eigenvalue weighted by Crippen LogP contribution is 2.34. The predicted octanol–water partition coefficient (Wildman–Crippen LogP) is 4.06. The van der Waals surface area contributed by atoms with Crippen molar-refractivity contribution in [2.45, 2.75) is 40.2 Å². The number of primary amides is 1. The van der Waals surface area contributed by atoms with E-state index in [-0.39, 0.29) is 22.2 Å². The number of anilines is 3. The van der Waals surface area contributed by atoms with Crippen molar-refractivity contribution in [3.8, 4) is 0 Å². The van der Waals surface area contributed by atoms with Crippen molar-refractivity contribution < 1.29 is 14.4 Å². The zero-order valence-corrected chi connectivity index (χ0v) is 23.6. The van der Waals surface area contributed by atoms with Crippen molar-refractivity contribution in [2.24, 2.45) is 11.7 Å². The van der Waals surface area contributed by atoms with Crippen molar-refractivity contribution in [2.75, 3.05) is 36.2 Å². The molecule has 3 rings (SSSR count). The minimum atomic E-state index is -1.01. The van der Waals surface area contributed by atoms with Crippen LogP contribution in [0.5, 0.6) is 0 Å². The molecule has 0 radical (unpaired) electrons. The summed E-state index contributed by atoms with van der Waals surface area (Å²) in [5, 5.41) is 3.01. The molecule has 3 aromatic rings. The van der Waals surface area contributed by atoms with E-state index in [9.17, 15) is 14.4 Å². The summed E-state index contributed by atoms with van der Waals surface area (Å²) < 4.78 is 4.01. The van der Waals surface area contributed by atoms with Gasteiger partial charge in [-0.2, -0.15) is 4.37 Å². The Morgan fingerprint density at radius 3 is 2.11 bits per heavy atom. The van der Waals surface area contributed by atoms with E-state index in [0.29, 0.717) is 23.7 Å². The molecule has 0 saturated carbocycles. The van der Waals surface area contributed by atoms with Crippen LogP contribution in [0, 0.1) is 19.8 Å². The van der Waals surface area contributed by atoms with Crippen molar-refractivity contribution in [3.05, 3.63) is 69.7 Å². The van der Waals surface area contributed by atoms with E-state index in [1.54, 1.807) is 0 Å². The van der Waals surface area contributed by atoms with Gasteiger partial charge in [0, 0.05) is 32.0 Å². The second-order valence-corrected chi connectivity index (χ2v) is 10.8. The fourth-order valence-corrected chi connectivity index (χ4v) is 4.91. The Bertz CT molecular complexity index is 1300. The lowest BCUT2D eigenvalue weighted by atomic mass is 10.0. The lowest BCUT2D eigenvalue weighted by Crippen LogP contribution is -2.44. The summed E-state index contributed by atoms with van der Waals surface area (Å²) in [6.45, 7) is 8.48. The van der Waals surface area contributed by atoms with Gasteiger partial charge in [-0.05, 0) is 78.7 Å². The van der Waals surface area contributed by atoms with E-state index in [2.05, 4.69) is 23.5 Å². The van der Waals surface area contributed by atoms with Gasteiger partial charge in [0.1, 0.15) is 10.9 Å². The third-order valence-corrected chi connectivity index (χ3v) is 6.96. The first-order chi connectivity index (χ1) is 17.9. The van der Waals surface area contributed by atoms with Crippen LogP contribution in [0.15, 0.2) is 42.5 Å². The molecule has 5 N–H and O–H groups in total. The van der Waals surface area contributed by atoms with E-state index in [1.165, 1.54) is 4.90 Å². The second-order valence-electron chi connectivity index (χ2n) is 10.0. The molecule has 0 spiro atoms. The quantitative estimate of drug-likeness (QED) is 0.358. The van der Waals surface area contributed by atoms with Crippen LogP contribution in [-0.4, -0.2) is 42.7 Å². The van der Waals surface area contributed by atoms with Gasteiger partial charge < -0.3 is 21.7 Å². The fraction of sp³-hybridized carbons (Fsp3) is 0.357. The second kappa shape index (κ2) is 12.1. The highest BCUT2D eigenvalue weighted by molar-refractivity contribution is 7.09. The Morgan fingerprint density at radius 1 is 1.00 bits per heavy atom. The Balaban J connectivity index is 2.21. The van der Waals surface area contributed by atoms with Crippen molar-refractivity contribution >= 4 is 46.3 Å². The molecule has 0 bridgehead atoms. The van der Waals surface area contributed by atoms with Gasteiger partial charge in [0.05, 0.1) is 5.69 Å². The first-order valence-corrected chi connectivity index (χ1v) is 13.2. The van der Waals surface area contributed by atoms with E-state index < -0.39 is 17.9 Å². The molecule has 0 aliphatic rings. The SMILES string of the molecule is Cc1cc(C)cc(N(C(=O)c2snc(C(N)=O)c2N)[C@H](C(=O)NCCC(C)C)c2ccc(N(C)C)cc2)c1. The zero-order chi connectivity index (χ0) is 28.1. The summed E-state index contributed by atoms with van der Waals surface area (Å²) >= 11 is 0.791. The molecule has 38 heavy (non-hydrogen) atoms. The minimum Gasteiger partial charge on any atom is -0.395 e. The summed E-state index contributed by atoms with van der Waals surface area (Å²) in [5.41, 5.74) is 15.3. The molecule has 0 fully saturated rings. The molecular formula is C28H36N6O3S. The molecule has 0 saturated heterocycles. The average Bonchev–Trinajstić information content (AvgIpc) is 3.22. The lowest BCUT2D eigenvalue weighted by molar-refractivity contribution is -0.122. The van der Waals surface area contributed by atoms with Gasteiger partial charge in [-0.15, -0.1) is 0 Å².